The summed E-state index contributed by atoms with van der Waals surface area (Å²) in [5, 5.41) is 5.63. The lowest BCUT2D eigenvalue weighted by Gasteiger charge is -2.29. The number of fused-ring (bicyclic) bond motifs is 1. The molecule has 0 radical (unpaired) electrons. The van der Waals surface area contributed by atoms with Crippen LogP contribution in [0, 0.1) is 0 Å². The highest BCUT2D eigenvalue weighted by Gasteiger charge is 2.34. The second kappa shape index (κ2) is 10.5. The third-order valence-corrected chi connectivity index (χ3v) is 5.45. The summed E-state index contributed by atoms with van der Waals surface area (Å²) in [6.45, 7) is 2.30. The maximum absolute atomic E-state index is 12.8. The first-order valence-electron chi connectivity index (χ1n) is 10.7. The summed E-state index contributed by atoms with van der Waals surface area (Å²) in [4.78, 5) is 37.6. The largest absolute Gasteiger partial charge is 0.486 e. The zero-order valence-electron chi connectivity index (χ0n) is 18.4. The Hall–Kier alpha value is -3.72. The molecule has 2 N–H and O–H groups in total. The molecule has 34 heavy (non-hydrogen) atoms. The fourth-order valence-corrected chi connectivity index (χ4v) is 4.00. The summed E-state index contributed by atoms with van der Waals surface area (Å²) in [6, 6.07) is 11.0. The monoisotopic (exact) mass is 486 g/mol. The van der Waals surface area contributed by atoms with Crippen LogP contribution in [0.3, 0.4) is 0 Å². The average molecular weight is 487 g/mol. The first-order valence-corrected chi connectivity index (χ1v) is 11.1. The van der Waals surface area contributed by atoms with Crippen molar-refractivity contribution in [1.29, 1.82) is 0 Å². The van der Waals surface area contributed by atoms with Gasteiger partial charge in [-0.2, -0.15) is 0 Å². The Labute approximate surface area is 201 Å². The lowest BCUT2D eigenvalue weighted by molar-refractivity contribution is -0.143. The summed E-state index contributed by atoms with van der Waals surface area (Å²) in [5.41, 5.74) is 1.60. The molecule has 0 aromatic heterocycles. The number of urea groups is 1. The number of hydrogen-bond acceptors (Lipinski definition) is 7. The fourth-order valence-electron chi connectivity index (χ4n) is 3.71. The van der Waals surface area contributed by atoms with E-state index in [0.717, 1.165) is 0 Å². The number of carbonyl (C=O) groups is 3. The standard InChI is InChI=1S/C24H23ClN2O7/c1-2-31-23(29)20-17(26-24(30)27-21(20)15-6-4-3-5-7-15)13-34-19(28)12-14-10-16(25)22-18(11-14)32-8-9-33-22/h3-7,10-11,21H,2,8-9,12-13H2,1H3,(H2,26,27,30). The fraction of sp³-hybridized carbons (Fsp3) is 0.292. The predicted octanol–water partition coefficient (Wildman–Crippen LogP) is 3.07. The van der Waals surface area contributed by atoms with Crippen molar-refractivity contribution in [2.45, 2.75) is 19.4 Å². The van der Waals surface area contributed by atoms with E-state index in [2.05, 4.69) is 10.6 Å². The van der Waals surface area contributed by atoms with Gasteiger partial charge in [-0.3, -0.25) is 4.79 Å². The molecular weight excluding hydrogens is 464 g/mol. The summed E-state index contributed by atoms with van der Waals surface area (Å²) < 4.78 is 21.6. The van der Waals surface area contributed by atoms with Crippen LogP contribution in [-0.4, -0.2) is 44.4 Å². The molecule has 0 fully saturated rings. The van der Waals surface area contributed by atoms with Gasteiger partial charge in [-0.05, 0) is 30.2 Å². The highest BCUT2D eigenvalue weighted by Crippen LogP contribution is 2.38. The van der Waals surface area contributed by atoms with Gasteiger partial charge in [0.1, 0.15) is 19.8 Å². The highest BCUT2D eigenvalue weighted by atomic mass is 35.5. The number of carbonyl (C=O) groups excluding carboxylic acids is 3. The van der Waals surface area contributed by atoms with E-state index in [1.54, 1.807) is 43.3 Å². The van der Waals surface area contributed by atoms with Crippen LogP contribution in [0.15, 0.2) is 53.7 Å². The zero-order chi connectivity index (χ0) is 24.1. The van der Waals surface area contributed by atoms with Gasteiger partial charge in [0.15, 0.2) is 11.5 Å². The van der Waals surface area contributed by atoms with Crippen molar-refractivity contribution in [3.05, 3.63) is 69.9 Å². The molecule has 1 unspecified atom stereocenters. The number of hydrogen-bond donors (Lipinski definition) is 2. The predicted molar refractivity (Wildman–Crippen MR) is 122 cm³/mol. The number of benzene rings is 2. The molecule has 0 spiro atoms. The quantitative estimate of drug-likeness (QED) is 0.578. The molecule has 2 heterocycles. The Kier molecular flexibility index (Phi) is 7.22. The third kappa shape index (κ3) is 5.26. The van der Waals surface area contributed by atoms with Crippen LogP contribution in [0.25, 0.3) is 0 Å². The van der Waals surface area contributed by atoms with E-state index in [4.69, 9.17) is 30.5 Å². The first kappa shape index (κ1) is 23.4. The number of nitrogens with one attached hydrogen (secondary N) is 2. The van der Waals surface area contributed by atoms with Crippen LogP contribution in [-0.2, 0) is 25.5 Å². The third-order valence-electron chi connectivity index (χ3n) is 5.16. The van der Waals surface area contributed by atoms with Gasteiger partial charge >= 0.3 is 18.0 Å². The Morgan fingerprint density at radius 2 is 1.88 bits per heavy atom. The molecule has 2 aliphatic heterocycles. The molecule has 0 aliphatic carbocycles. The van der Waals surface area contributed by atoms with Gasteiger partial charge in [-0.25, -0.2) is 9.59 Å². The highest BCUT2D eigenvalue weighted by molar-refractivity contribution is 6.32. The van der Waals surface area contributed by atoms with E-state index in [-0.39, 0.29) is 30.9 Å². The SMILES string of the molecule is CCOC(=O)C1=C(COC(=O)Cc2cc(Cl)c3c(c2)OCCO3)NC(=O)NC1c1ccccc1. The van der Waals surface area contributed by atoms with E-state index in [0.29, 0.717) is 40.9 Å². The minimum Gasteiger partial charge on any atom is -0.486 e. The van der Waals surface area contributed by atoms with Crippen LogP contribution >= 0.6 is 11.6 Å². The molecule has 9 nitrogen and oxygen atoms in total. The van der Waals surface area contributed by atoms with E-state index in [9.17, 15) is 14.4 Å². The lowest BCUT2D eigenvalue weighted by atomic mass is 9.95. The molecule has 2 aliphatic rings. The smallest absolute Gasteiger partial charge is 0.338 e. The van der Waals surface area contributed by atoms with Gasteiger partial charge in [-0.15, -0.1) is 0 Å². The minimum atomic E-state index is -0.751. The van der Waals surface area contributed by atoms with E-state index in [1.807, 2.05) is 6.07 Å². The van der Waals surface area contributed by atoms with Gasteiger partial charge in [0, 0.05) is 0 Å². The van der Waals surface area contributed by atoms with E-state index < -0.39 is 24.0 Å². The van der Waals surface area contributed by atoms with Crippen molar-refractivity contribution in [1.82, 2.24) is 10.6 Å². The van der Waals surface area contributed by atoms with Gasteiger partial charge in [-0.1, -0.05) is 41.9 Å². The summed E-state index contributed by atoms with van der Waals surface area (Å²) >= 11 is 6.23. The number of esters is 2. The van der Waals surface area contributed by atoms with Crippen molar-refractivity contribution in [3.8, 4) is 11.5 Å². The van der Waals surface area contributed by atoms with Crippen LogP contribution < -0.4 is 20.1 Å². The second-order valence-electron chi connectivity index (χ2n) is 7.49. The van der Waals surface area contributed by atoms with Gasteiger partial charge in [0.2, 0.25) is 0 Å². The van der Waals surface area contributed by atoms with Crippen molar-refractivity contribution >= 4 is 29.6 Å². The molecule has 2 aromatic rings. The average Bonchev–Trinajstić information content (AvgIpc) is 2.83. The maximum atomic E-state index is 12.8. The Morgan fingerprint density at radius 1 is 1.12 bits per heavy atom. The van der Waals surface area contributed by atoms with Gasteiger partial charge in [0.25, 0.3) is 0 Å². The zero-order valence-corrected chi connectivity index (χ0v) is 19.1. The van der Waals surface area contributed by atoms with Crippen molar-refractivity contribution < 1.29 is 33.3 Å². The molecule has 2 aromatic carbocycles. The van der Waals surface area contributed by atoms with Gasteiger partial charge < -0.3 is 29.6 Å². The van der Waals surface area contributed by atoms with Gasteiger partial charge in [0.05, 0.1) is 35.4 Å². The maximum Gasteiger partial charge on any atom is 0.338 e. The molecule has 10 heteroatoms. The Morgan fingerprint density at radius 3 is 2.65 bits per heavy atom. The minimum absolute atomic E-state index is 0.0906. The van der Waals surface area contributed by atoms with Crippen LogP contribution in [0.1, 0.15) is 24.1 Å². The topological polar surface area (TPSA) is 112 Å². The first-order chi connectivity index (χ1) is 16.5. The normalized spacial score (nSPS) is 16.9. The second-order valence-corrected chi connectivity index (χ2v) is 7.90. The molecular formula is C24H23ClN2O7. The van der Waals surface area contributed by atoms with Crippen LogP contribution in [0.5, 0.6) is 11.5 Å². The van der Waals surface area contributed by atoms with Crippen LogP contribution in [0.4, 0.5) is 4.79 Å². The molecule has 178 valence electrons. The molecule has 4 rings (SSSR count). The Balaban J connectivity index is 1.53. The molecule has 1 atom stereocenters. The summed E-state index contributed by atoms with van der Waals surface area (Å²) in [5.74, 6) is -0.287. The van der Waals surface area contributed by atoms with Crippen molar-refractivity contribution in [3.63, 3.8) is 0 Å². The molecule has 0 saturated carbocycles. The number of ether oxygens (including phenoxy) is 4. The molecule has 0 saturated heterocycles. The van der Waals surface area contributed by atoms with Crippen LogP contribution in [0.2, 0.25) is 5.02 Å². The molecule has 2 amide bonds. The lowest BCUT2D eigenvalue weighted by Crippen LogP contribution is -2.47. The van der Waals surface area contributed by atoms with Crippen molar-refractivity contribution in [2.24, 2.45) is 0 Å². The number of amides is 2. The summed E-state index contributed by atoms with van der Waals surface area (Å²) in [6.07, 6.45) is -0.0906. The Bertz CT molecular complexity index is 1130. The molecule has 0 bridgehead atoms. The van der Waals surface area contributed by atoms with E-state index >= 15 is 0 Å². The summed E-state index contributed by atoms with van der Waals surface area (Å²) in [7, 11) is 0. The number of rotatable bonds is 7. The van der Waals surface area contributed by atoms with Crippen molar-refractivity contribution in [2.75, 3.05) is 26.4 Å². The van der Waals surface area contributed by atoms with E-state index in [1.165, 1.54) is 0 Å². The number of halogens is 1.